The average molecular weight is 685 g/mol. The molecule has 7 rings (SSSR count). The van der Waals surface area contributed by atoms with Gasteiger partial charge in [0, 0.05) is 43.1 Å². The van der Waals surface area contributed by atoms with Crippen molar-refractivity contribution in [3.05, 3.63) is 131 Å². The van der Waals surface area contributed by atoms with Crippen molar-refractivity contribution in [1.82, 2.24) is 5.32 Å². The number of anilines is 1. The van der Waals surface area contributed by atoms with Crippen molar-refractivity contribution in [2.45, 2.75) is 36.2 Å². The summed E-state index contributed by atoms with van der Waals surface area (Å²) < 4.78 is 7.34. The van der Waals surface area contributed by atoms with Crippen LogP contribution >= 0.6 is 11.8 Å². The summed E-state index contributed by atoms with van der Waals surface area (Å²) in [7, 11) is 2.05. The molecule has 0 saturated heterocycles. The van der Waals surface area contributed by atoms with E-state index >= 15 is 0 Å². The molecule has 10 heteroatoms. The van der Waals surface area contributed by atoms with Gasteiger partial charge in [-0.25, -0.2) is 4.79 Å². The van der Waals surface area contributed by atoms with E-state index in [1.54, 1.807) is 11.8 Å². The first-order chi connectivity index (χ1) is 24.4. The number of hydrogen-bond acceptors (Lipinski definition) is 7. The summed E-state index contributed by atoms with van der Waals surface area (Å²) in [5.41, 5.74) is 7.54. The number of aliphatic imine (C=N–C) groups is 1. The Morgan fingerprint density at radius 1 is 0.980 bits per heavy atom. The zero-order valence-electron chi connectivity index (χ0n) is 27.5. The molecule has 2 aliphatic rings. The maximum Gasteiger partial charge on any atom is 0.326 e. The molecule has 0 radical (unpaired) electrons. The predicted molar refractivity (Wildman–Crippen MR) is 194 cm³/mol. The average Bonchev–Trinajstić information content (AvgIpc) is 3.63. The number of ether oxygens (including phenoxy) is 1. The number of carbonyl (C=O) groups is 2. The summed E-state index contributed by atoms with van der Waals surface area (Å²) in [6.45, 7) is 0.204. The van der Waals surface area contributed by atoms with Crippen molar-refractivity contribution in [3.8, 4) is 11.1 Å². The van der Waals surface area contributed by atoms with Crippen LogP contribution in [0.1, 0.15) is 35.4 Å². The predicted octanol–water partition coefficient (Wildman–Crippen LogP) is 5.56. The second-order valence-electron chi connectivity index (χ2n) is 12.3. The van der Waals surface area contributed by atoms with Crippen LogP contribution in [0.4, 0.5) is 5.69 Å². The number of aromatic nitrogens is 1. The lowest BCUT2D eigenvalue weighted by Gasteiger charge is -2.21. The van der Waals surface area contributed by atoms with Gasteiger partial charge in [-0.15, -0.1) is 0 Å². The van der Waals surface area contributed by atoms with Gasteiger partial charge in [0.05, 0.1) is 16.1 Å². The number of rotatable bonds is 11. The van der Waals surface area contributed by atoms with Gasteiger partial charge in [0.1, 0.15) is 12.1 Å². The summed E-state index contributed by atoms with van der Waals surface area (Å²) in [4.78, 5) is 32.5. The number of amides is 1. The number of carboxylic acid groups (broad SMARTS) is 1. The van der Waals surface area contributed by atoms with Crippen molar-refractivity contribution >= 4 is 52.4 Å². The van der Waals surface area contributed by atoms with Crippen molar-refractivity contribution < 1.29 is 29.1 Å². The van der Waals surface area contributed by atoms with Crippen LogP contribution in [0.3, 0.4) is 0 Å². The van der Waals surface area contributed by atoms with Gasteiger partial charge in [-0.2, -0.15) is 4.57 Å². The summed E-state index contributed by atoms with van der Waals surface area (Å²) in [6.07, 6.45) is 3.72. The van der Waals surface area contributed by atoms with E-state index < -0.39 is 24.0 Å². The van der Waals surface area contributed by atoms with Gasteiger partial charge in [-0.1, -0.05) is 84.6 Å². The van der Waals surface area contributed by atoms with Crippen LogP contribution in [0, 0.1) is 0 Å². The Hall–Kier alpha value is -5.61. The minimum atomic E-state index is -1.14. The number of benzene rings is 4. The van der Waals surface area contributed by atoms with E-state index in [4.69, 9.17) is 4.74 Å². The molecule has 2 N–H and O–H groups in total. The second kappa shape index (κ2) is 14.5. The Labute approximate surface area is 294 Å². The summed E-state index contributed by atoms with van der Waals surface area (Å²) in [5, 5.41) is 27.1. The van der Waals surface area contributed by atoms with Crippen LogP contribution < -0.4 is 19.9 Å². The van der Waals surface area contributed by atoms with Crippen molar-refractivity contribution in [2.24, 2.45) is 4.99 Å². The highest BCUT2D eigenvalue weighted by Gasteiger charge is 2.27. The number of fused-ring (bicyclic) bond motifs is 5. The highest BCUT2D eigenvalue weighted by molar-refractivity contribution is 8.03. The van der Waals surface area contributed by atoms with Gasteiger partial charge in [0.2, 0.25) is 12.1 Å². The topological polar surface area (TPSA) is 118 Å². The number of carbonyl (C=O) groups excluding carboxylic acids is 1. The van der Waals surface area contributed by atoms with E-state index in [0.29, 0.717) is 0 Å². The molecule has 252 valence electrons. The Bertz CT molecular complexity index is 2100. The third-order valence-electron chi connectivity index (χ3n) is 9.18. The fraction of sp³-hybridized carbons (Fsp3) is 0.200. The van der Waals surface area contributed by atoms with Crippen LogP contribution in [-0.2, 0) is 20.9 Å². The van der Waals surface area contributed by atoms with Gasteiger partial charge in [0.15, 0.2) is 6.20 Å². The standard InChI is InChI=1S/C40H36N4O5S/c1-43-35-18-8-9-19-36(35)50-38(43)23-26-20-22-44(34-17-7-6-11-27(26)34)24-37(45)42-33(39(46)47)16-10-21-41-40(48)49-25-32-30-14-4-2-12-28(30)29-13-3-5-15-31(29)32/h2-9,11-15,17-20,22-23,32-33H,10,16,21,24-25H2,1H3,(H2-,41,42,45,46,47,48). The highest BCUT2D eigenvalue weighted by Crippen LogP contribution is 2.46. The van der Waals surface area contributed by atoms with Crippen molar-refractivity contribution in [1.29, 1.82) is 0 Å². The minimum absolute atomic E-state index is 0.0502. The maximum atomic E-state index is 13.1. The fourth-order valence-corrected chi connectivity index (χ4v) is 7.81. The molecular formula is C40H36N4O5S. The molecule has 9 nitrogen and oxygen atoms in total. The lowest BCUT2D eigenvalue weighted by molar-refractivity contribution is -0.658. The largest absolute Gasteiger partial charge is 0.599 e. The number of nitrogens with one attached hydrogen (secondary N) is 1. The highest BCUT2D eigenvalue weighted by atomic mass is 32.2. The number of thioether (sulfide) groups is 1. The van der Waals surface area contributed by atoms with E-state index in [9.17, 15) is 19.8 Å². The fourth-order valence-electron chi connectivity index (χ4n) is 6.71. The Morgan fingerprint density at radius 2 is 1.66 bits per heavy atom. The number of para-hydroxylation sites is 2. The number of hydrogen-bond donors (Lipinski definition) is 2. The lowest BCUT2D eigenvalue weighted by Crippen LogP contribution is -2.48. The molecule has 1 aliphatic heterocycles. The number of aliphatic carboxylic acids is 1. The van der Waals surface area contributed by atoms with Crippen LogP contribution in [0.5, 0.6) is 0 Å². The first-order valence-electron chi connectivity index (χ1n) is 16.6. The van der Waals surface area contributed by atoms with Gasteiger partial charge < -0.3 is 25.2 Å². The molecule has 0 fully saturated rings. The quantitative estimate of drug-likeness (QED) is 0.0810. The molecule has 1 aliphatic carbocycles. The van der Waals surface area contributed by atoms with E-state index in [1.807, 2.05) is 89.6 Å². The van der Waals surface area contributed by atoms with E-state index in [-0.39, 0.29) is 38.5 Å². The number of nitrogens with zero attached hydrogens (tertiary/aromatic N) is 3. The molecule has 1 unspecified atom stereocenters. The first kappa shape index (κ1) is 32.9. The third kappa shape index (κ3) is 6.79. The second-order valence-corrected chi connectivity index (χ2v) is 13.4. The van der Waals surface area contributed by atoms with Crippen molar-refractivity contribution in [2.75, 3.05) is 25.1 Å². The maximum absolute atomic E-state index is 13.1. The molecule has 5 aromatic rings. The van der Waals surface area contributed by atoms with Gasteiger partial charge in [-0.3, -0.25) is 9.79 Å². The number of carboxylic acids is 1. The molecular weight excluding hydrogens is 649 g/mol. The summed E-state index contributed by atoms with van der Waals surface area (Å²) in [6, 6.07) is 33.2. The Morgan fingerprint density at radius 3 is 2.40 bits per heavy atom. The SMILES string of the molecule is CN1/C(=C\c2cc[n+](CC(=O)NC(CCCN=C([O-])OCC3c4ccccc4-c4ccccc43)C(=O)O)c3ccccc23)Sc2ccccc21. The number of pyridine rings is 1. The van der Waals surface area contributed by atoms with E-state index in [1.165, 1.54) is 4.90 Å². The van der Waals surface area contributed by atoms with Crippen LogP contribution in [0.2, 0.25) is 0 Å². The zero-order chi connectivity index (χ0) is 34.6. The molecule has 4 aromatic carbocycles. The van der Waals surface area contributed by atoms with Crippen LogP contribution in [0.15, 0.2) is 124 Å². The van der Waals surface area contributed by atoms with E-state index in [2.05, 4.69) is 52.6 Å². The zero-order valence-corrected chi connectivity index (χ0v) is 28.3. The minimum Gasteiger partial charge on any atom is -0.599 e. The molecule has 2 heterocycles. The molecule has 0 saturated carbocycles. The van der Waals surface area contributed by atoms with Crippen LogP contribution in [0.25, 0.3) is 28.1 Å². The van der Waals surface area contributed by atoms with Gasteiger partial charge >= 0.3 is 5.97 Å². The normalized spacial score (nSPS) is 15.1. The van der Waals surface area contributed by atoms with Crippen LogP contribution in [-0.4, -0.2) is 49.3 Å². The Kier molecular flexibility index (Phi) is 9.53. The molecule has 0 bridgehead atoms. The van der Waals surface area contributed by atoms with Gasteiger partial charge in [-0.05, 0) is 64.9 Å². The summed E-state index contributed by atoms with van der Waals surface area (Å²) >= 11 is 1.71. The molecule has 1 amide bonds. The molecule has 1 aromatic heterocycles. The molecule has 50 heavy (non-hydrogen) atoms. The van der Waals surface area contributed by atoms with Crippen molar-refractivity contribution in [3.63, 3.8) is 0 Å². The van der Waals surface area contributed by atoms with Gasteiger partial charge in [0.25, 0.3) is 5.91 Å². The summed E-state index contributed by atoms with van der Waals surface area (Å²) in [5.74, 6) is -1.63. The molecule has 1 atom stereocenters. The van der Waals surface area contributed by atoms with E-state index in [0.717, 1.165) is 49.4 Å². The Balaban J connectivity index is 0.942. The first-order valence-corrected chi connectivity index (χ1v) is 17.4. The smallest absolute Gasteiger partial charge is 0.326 e. The molecule has 0 spiro atoms. The lowest BCUT2D eigenvalue weighted by atomic mass is 9.98. The third-order valence-corrected chi connectivity index (χ3v) is 10.4. The monoisotopic (exact) mass is 684 g/mol.